The first-order chi connectivity index (χ1) is 6.68. The van der Waals surface area contributed by atoms with E-state index in [1.165, 1.54) is 0 Å². The third-order valence-corrected chi connectivity index (χ3v) is 2.77. The molecule has 1 N–H and O–H groups in total. The fourth-order valence-corrected chi connectivity index (χ4v) is 1.83. The lowest BCUT2D eigenvalue weighted by Crippen LogP contribution is -2.05. The normalized spacial score (nSPS) is 16.6. The van der Waals surface area contributed by atoms with Crippen LogP contribution in [0.4, 0.5) is 0 Å². The number of aliphatic hydroxyl groups is 1. The first kappa shape index (κ1) is 10.1. The van der Waals surface area contributed by atoms with Crippen molar-refractivity contribution in [1.82, 2.24) is 0 Å². The summed E-state index contributed by atoms with van der Waals surface area (Å²) in [7, 11) is 0. The van der Waals surface area contributed by atoms with Gasteiger partial charge in [0.15, 0.2) is 0 Å². The molecular weight excluding hydrogens is 223 g/mol. The Morgan fingerprint density at radius 2 is 2.14 bits per heavy atom. The number of fused-ring (bicyclic) bond motifs is 1. The number of rotatable bonds is 2. The summed E-state index contributed by atoms with van der Waals surface area (Å²) in [5, 5.41) is 9.62. The zero-order valence-corrected chi connectivity index (χ0v) is 8.92. The number of halogens is 2. The predicted molar refractivity (Wildman–Crippen MR) is 56.1 cm³/mol. The van der Waals surface area contributed by atoms with E-state index in [4.69, 9.17) is 27.9 Å². The van der Waals surface area contributed by atoms with Gasteiger partial charge < -0.3 is 9.84 Å². The molecule has 0 aliphatic carbocycles. The second-order valence-electron chi connectivity index (χ2n) is 3.24. The van der Waals surface area contributed by atoms with E-state index < -0.39 is 10.9 Å². The van der Waals surface area contributed by atoms with E-state index in [2.05, 4.69) is 0 Å². The van der Waals surface area contributed by atoms with Gasteiger partial charge in [-0.25, -0.2) is 0 Å². The number of hydrogen-bond acceptors (Lipinski definition) is 2. The molecule has 1 aromatic carbocycles. The topological polar surface area (TPSA) is 29.5 Å². The molecule has 0 spiro atoms. The smallest absolute Gasteiger partial charge is 0.137 e. The minimum absolute atomic E-state index is 0.708. The number of ether oxygens (including phenoxy) is 1. The van der Waals surface area contributed by atoms with Gasteiger partial charge in [-0.2, -0.15) is 0 Å². The van der Waals surface area contributed by atoms with Crippen LogP contribution in [0.5, 0.6) is 5.75 Å². The molecule has 0 saturated heterocycles. The molecule has 1 aliphatic heterocycles. The average Bonchev–Trinajstić information content (AvgIpc) is 2.62. The molecular formula is C10H10Cl2O2. The van der Waals surface area contributed by atoms with Crippen LogP contribution in [0.15, 0.2) is 18.2 Å². The summed E-state index contributed by atoms with van der Waals surface area (Å²) in [6.45, 7) is 0.708. The number of hydrogen-bond donors (Lipinski definition) is 1. The van der Waals surface area contributed by atoms with Gasteiger partial charge in [0.2, 0.25) is 0 Å². The Kier molecular flexibility index (Phi) is 2.86. The minimum Gasteiger partial charge on any atom is -0.493 e. The zero-order chi connectivity index (χ0) is 10.1. The van der Waals surface area contributed by atoms with Crippen molar-refractivity contribution in [2.75, 3.05) is 6.61 Å². The quantitative estimate of drug-likeness (QED) is 0.795. The van der Waals surface area contributed by atoms with Gasteiger partial charge in [0.05, 0.1) is 6.61 Å². The highest BCUT2D eigenvalue weighted by Gasteiger charge is 2.19. The molecule has 0 radical (unpaired) electrons. The summed E-state index contributed by atoms with van der Waals surface area (Å²) in [5.41, 5.74) is 1.85. The van der Waals surface area contributed by atoms with E-state index in [1.807, 2.05) is 12.1 Å². The lowest BCUT2D eigenvalue weighted by Gasteiger charge is -2.12. The van der Waals surface area contributed by atoms with Crippen molar-refractivity contribution in [1.29, 1.82) is 0 Å². The van der Waals surface area contributed by atoms with Crippen LogP contribution >= 0.6 is 23.2 Å². The van der Waals surface area contributed by atoms with Gasteiger partial charge in [-0.05, 0) is 23.3 Å². The summed E-state index contributed by atoms with van der Waals surface area (Å²) in [6.07, 6.45) is 0.0507. The second-order valence-corrected chi connectivity index (χ2v) is 4.41. The Hall–Kier alpha value is -0.440. The van der Waals surface area contributed by atoms with Crippen LogP contribution in [0.3, 0.4) is 0 Å². The molecule has 1 aromatic rings. The number of aliphatic hydroxyl groups excluding tert-OH is 1. The Labute approximate surface area is 92.4 Å². The summed E-state index contributed by atoms with van der Waals surface area (Å²) < 4.78 is 5.35. The Bertz CT molecular complexity index is 339. The molecule has 0 aromatic heterocycles. The van der Waals surface area contributed by atoms with Crippen molar-refractivity contribution in [2.24, 2.45) is 0 Å². The largest absolute Gasteiger partial charge is 0.493 e. The van der Waals surface area contributed by atoms with Crippen molar-refractivity contribution < 1.29 is 9.84 Å². The standard InChI is InChI=1S/C10H10Cl2O2/c11-10(12)9(13)7-1-2-8-6(5-7)3-4-14-8/h1-2,5,9-10,13H,3-4H2. The van der Waals surface area contributed by atoms with E-state index in [-0.39, 0.29) is 0 Å². The molecule has 0 amide bonds. The fraction of sp³-hybridized carbons (Fsp3) is 0.400. The van der Waals surface area contributed by atoms with Crippen LogP contribution in [-0.4, -0.2) is 16.5 Å². The minimum atomic E-state index is -0.829. The Morgan fingerprint density at radius 3 is 2.86 bits per heavy atom. The summed E-state index contributed by atoms with van der Waals surface area (Å²) in [4.78, 5) is -0.796. The lowest BCUT2D eigenvalue weighted by molar-refractivity contribution is 0.192. The molecule has 4 heteroatoms. The molecule has 2 rings (SSSR count). The van der Waals surface area contributed by atoms with Gasteiger partial charge in [-0.15, -0.1) is 23.2 Å². The molecule has 1 unspecified atom stereocenters. The van der Waals surface area contributed by atoms with Crippen molar-refractivity contribution in [3.05, 3.63) is 29.3 Å². The van der Waals surface area contributed by atoms with Gasteiger partial charge in [-0.1, -0.05) is 6.07 Å². The molecule has 76 valence electrons. The van der Waals surface area contributed by atoms with E-state index >= 15 is 0 Å². The van der Waals surface area contributed by atoms with Gasteiger partial charge in [0.1, 0.15) is 16.7 Å². The number of alkyl halides is 2. The highest BCUT2D eigenvalue weighted by Crippen LogP contribution is 2.31. The van der Waals surface area contributed by atoms with E-state index in [9.17, 15) is 5.11 Å². The van der Waals surface area contributed by atoms with E-state index in [0.717, 1.165) is 23.3 Å². The van der Waals surface area contributed by atoms with Crippen LogP contribution in [-0.2, 0) is 6.42 Å². The SMILES string of the molecule is OC(c1ccc2c(c1)CCO2)C(Cl)Cl. The molecule has 0 bridgehead atoms. The molecule has 1 aliphatic rings. The van der Waals surface area contributed by atoms with Crippen molar-refractivity contribution >= 4 is 23.2 Å². The van der Waals surface area contributed by atoms with Gasteiger partial charge in [0, 0.05) is 6.42 Å². The average molecular weight is 233 g/mol. The first-order valence-electron chi connectivity index (χ1n) is 4.40. The third kappa shape index (κ3) is 1.83. The molecule has 0 fully saturated rings. The van der Waals surface area contributed by atoms with Crippen LogP contribution in [0.25, 0.3) is 0 Å². The summed E-state index contributed by atoms with van der Waals surface area (Å²) in [6, 6.07) is 5.52. The van der Waals surface area contributed by atoms with Gasteiger partial charge >= 0.3 is 0 Å². The first-order valence-corrected chi connectivity index (χ1v) is 5.27. The summed E-state index contributed by atoms with van der Waals surface area (Å²) in [5.74, 6) is 0.890. The number of benzene rings is 1. The third-order valence-electron chi connectivity index (χ3n) is 2.29. The summed E-state index contributed by atoms with van der Waals surface area (Å²) >= 11 is 11.2. The van der Waals surface area contributed by atoms with E-state index in [0.29, 0.717) is 6.61 Å². The van der Waals surface area contributed by atoms with Crippen molar-refractivity contribution in [2.45, 2.75) is 17.4 Å². The fourth-order valence-electron chi connectivity index (χ4n) is 1.54. The maximum Gasteiger partial charge on any atom is 0.137 e. The predicted octanol–water partition coefficient (Wildman–Crippen LogP) is 2.46. The van der Waals surface area contributed by atoms with Crippen LogP contribution in [0.2, 0.25) is 0 Å². The Balaban J connectivity index is 2.28. The monoisotopic (exact) mass is 232 g/mol. The molecule has 0 saturated carbocycles. The molecule has 2 nitrogen and oxygen atoms in total. The molecule has 14 heavy (non-hydrogen) atoms. The van der Waals surface area contributed by atoms with Crippen LogP contribution < -0.4 is 4.74 Å². The van der Waals surface area contributed by atoms with Crippen molar-refractivity contribution in [3.8, 4) is 5.75 Å². The maximum absolute atomic E-state index is 9.62. The van der Waals surface area contributed by atoms with E-state index in [1.54, 1.807) is 6.07 Å². The maximum atomic E-state index is 9.62. The van der Waals surface area contributed by atoms with Gasteiger partial charge in [-0.3, -0.25) is 0 Å². The van der Waals surface area contributed by atoms with Crippen molar-refractivity contribution in [3.63, 3.8) is 0 Å². The van der Waals surface area contributed by atoms with Crippen LogP contribution in [0, 0.1) is 0 Å². The lowest BCUT2D eigenvalue weighted by atomic mass is 10.1. The van der Waals surface area contributed by atoms with Crippen LogP contribution in [0.1, 0.15) is 17.2 Å². The Morgan fingerprint density at radius 1 is 1.36 bits per heavy atom. The highest BCUT2D eigenvalue weighted by molar-refractivity contribution is 6.44. The molecule has 1 atom stereocenters. The van der Waals surface area contributed by atoms with Gasteiger partial charge in [0.25, 0.3) is 0 Å². The second kappa shape index (κ2) is 3.97. The zero-order valence-electron chi connectivity index (χ0n) is 7.41. The highest BCUT2D eigenvalue weighted by atomic mass is 35.5. The molecule has 1 heterocycles.